The molecule has 0 saturated carbocycles. The molecule has 1 N–H and O–H groups in total. The normalized spacial score (nSPS) is 12.8. The number of aromatic amines is 1. The zero-order valence-electron chi connectivity index (χ0n) is 11.1. The van der Waals surface area contributed by atoms with E-state index in [2.05, 4.69) is 15.0 Å². The third-order valence-corrected chi connectivity index (χ3v) is 3.28. The molecule has 0 aliphatic heterocycles. The van der Waals surface area contributed by atoms with Crippen molar-refractivity contribution in [3.63, 3.8) is 0 Å². The number of fused-ring (bicyclic) bond motifs is 1. The minimum atomic E-state index is -0.406. The standard InChI is InChI=1S/C14H13FN4O/c1-8-6-16-13(18-8)9(2)19-7-17-12-5-10(15)3-4-11(12)14(19)20/h3-7,9H,1-2H3,(H,16,18)/t9-/m0/s1. The number of nitrogens with one attached hydrogen (secondary N) is 1. The van der Waals surface area contributed by atoms with Crippen LogP contribution < -0.4 is 5.56 Å². The highest BCUT2D eigenvalue weighted by molar-refractivity contribution is 5.77. The molecule has 0 aliphatic rings. The average Bonchev–Trinajstić information content (AvgIpc) is 2.85. The molecule has 3 rings (SSSR count). The first kappa shape index (κ1) is 12.5. The lowest BCUT2D eigenvalue weighted by atomic mass is 10.2. The van der Waals surface area contributed by atoms with Gasteiger partial charge in [-0.05, 0) is 26.0 Å². The molecule has 2 heterocycles. The van der Waals surface area contributed by atoms with Crippen LogP contribution in [0.3, 0.4) is 0 Å². The zero-order chi connectivity index (χ0) is 14.3. The van der Waals surface area contributed by atoms with Gasteiger partial charge >= 0.3 is 0 Å². The van der Waals surface area contributed by atoms with Crippen LogP contribution in [0.25, 0.3) is 10.9 Å². The quantitative estimate of drug-likeness (QED) is 0.777. The number of H-pyrrole nitrogens is 1. The summed E-state index contributed by atoms with van der Waals surface area (Å²) in [5, 5.41) is 0.393. The molecule has 1 atom stereocenters. The Morgan fingerprint density at radius 2 is 2.15 bits per heavy atom. The summed E-state index contributed by atoms with van der Waals surface area (Å²) in [6, 6.07) is 3.70. The van der Waals surface area contributed by atoms with Crippen molar-refractivity contribution in [3.05, 3.63) is 58.4 Å². The van der Waals surface area contributed by atoms with E-state index in [1.54, 1.807) is 6.20 Å². The van der Waals surface area contributed by atoms with Gasteiger partial charge in [0.2, 0.25) is 0 Å². The molecule has 0 aliphatic carbocycles. The summed E-state index contributed by atoms with van der Waals surface area (Å²) in [5.74, 6) is 0.282. The van der Waals surface area contributed by atoms with Gasteiger partial charge in [0.25, 0.3) is 5.56 Å². The first-order valence-corrected chi connectivity index (χ1v) is 6.24. The maximum atomic E-state index is 13.1. The summed E-state index contributed by atoms with van der Waals surface area (Å²) in [7, 11) is 0. The van der Waals surface area contributed by atoms with Gasteiger partial charge in [0.15, 0.2) is 0 Å². The van der Waals surface area contributed by atoms with Crippen LogP contribution in [0.5, 0.6) is 0 Å². The Hall–Kier alpha value is -2.50. The topological polar surface area (TPSA) is 63.6 Å². The Morgan fingerprint density at radius 3 is 2.85 bits per heavy atom. The predicted molar refractivity (Wildman–Crippen MR) is 73.1 cm³/mol. The van der Waals surface area contributed by atoms with Gasteiger partial charge in [-0.3, -0.25) is 9.36 Å². The Balaban J connectivity index is 2.15. The molecule has 2 aromatic heterocycles. The molecule has 0 fully saturated rings. The van der Waals surface area contributed by atoms with Crippen molar-refractivity contribution in [2.24, 2.45) is 0 Å². The predicted octanol–water partition coefficient (Wildman–Crippen LogP) is 2.18. The third kappa shape index (κ3) is 1.99. The van der Waals surface area contributed by atoms with Crippen LogP contribution in [0.2, 0.25) is 0 Å². The van der Waals surface area contributed by atoms with Gasteiger partial charge < -0.3 is 4.98 Å². The van der Waals surface area contributed by atoms with E-state index in [0.29, 0.717) is 16.7 Å². The monoisotopic (exact) mass is 272 g/mol. The second-order valence-electron chi connectivity index (χ2n) is 4.75. The summed E-state index contributed by atoms with van der Waals surface area (Å²) in [6.45, 7) is 3.75. The van der Waals surface area contributed by atoms with E-state index in [-0.39, 0.29) is 11.6 Å². The van der Waals surface area contributed by atoms with Crippen LogP contribution in [0.4, 0.5) is 4.39 Å². The number of nitrogens with zero attached hydrogens (tertiary/aromatic N) is 3. The SMILES string of the molecule is Cc1cnc([C@H](C)n2cnc3cc(F)ccc3c2=O)[nH]1. The number of hydrogen-bond acceptors (Lipinski definition) is 3. The first-order chi connectivity index (χ1) is 9.56. The lowest BCUT2D eigenvalue weighted by molar-refractivity contribution is 0.579. The maximum Gasteiger partial charge on any atom is 0.261 e. The van der Waals surface area contributed by atoms with E-state index >= 15 is 0 Å². The Bertz CT molecular complexity index is 837. The number of hydrogen-bond donors (Lipinski definition) is 1. The molecule has 0 amide bonds. The number of aromatic nitrogens is 4. The second-order valence-corrected chi connectivity index (χ2v) is 4.75. The van der Waals surface area contributed by atoms with Crippen LogP contribution >= 0.6 is 0 Å². The van der Waals surface area contributed by atoms with Crippen molar-refractivity contribution in [3.8, 4) is 0 Å². The van der Waals surface area contributed by atoms with E-state index in [1.807, 2.05) is 13.8 Å². The van der Waals surface area contributed by atoms with Crippen molar-refractivity contribution in [1.29, 1.82) is 0 Å². The van der Waals surface area contributed by atoms with Crippen LogP contribution in [-0.4, -0.2) is 19.5 Å². The van der Waals surface area contributed by atoms with E-state index in [0.717, 1.165) is 5.69 Å². The van der Waals surface area contributed by atoms with E-state index < -0.39 is 5.82 Å². The van der Waals surface area contributed by atoms with Gasteiger partial charge in [-0.15, -0.1) is 0 Å². The van der Waals surface area contributed by atoms with Gasteiger partial charge in [-0.25, -0.2) is 14.4 Å². The van der Waals surface area contributed by atoms with E-state index in [4.69, 9.17) is 0 Å². The summed E-state index contributed by atoms with van der Waals surface area (Å²) >= 11 is 0. The van der Waals surface area contributed by atoms with Crippen molar-refractivity contribution < 1.29 is 4.39 Å². The fraction of sp³-hybridized carbons (Fsp3) is 0.214. The third-order valence-electron chi connectivity index (χ3n) is 3.28. The van der Waals surface area contributed by atoms with Gasteiger partial charge in [0.1, 0.15) is 11.6 Å². The molecule has 0 unspecified atom stereocenters. The van der Waals surface area contributed by atoms with Crippen molar-refractivity contribution >= 4 is 10.9 Å². The lowest BCUT2D eigenvalue weighted by Crippen LogP contribution is -2.25. The van der Waals surface area contributed by atoms with Gasteiger partial charge in [0, 0.05) is 18.0 Å². The molecule has 6 heteroatoms. The Kier molecular flexibility index (Phi) is 2.85. The van der Waals surface area contributed by atoms with Crippen LogP contribution in [0.1, 0.15) is 24.5 Å². The first-order valence-electron chi connectivity index (χ1n) is 6.24. The van der Waals surface area contributed by atoms with Gasteiger partial charge in [-0.1, -0.05) is 0 Å². The van der Waals surface area contributed by atoms with Crippen molar-refractivity contribution in [2.75, 3.05) is 0 Å². The summed E-state index contributed by atoms with van der Waals surface area (Å²) in [4.78, 5) is 23.9. The fourth-order valence-electron chi connectivity index (χ4n) is 2.16. The molecule has 0 saturated heterocycles. The summed E-state index contributed by atoms with van der Waals surface area (Å²) in [6.07, 6.45) is 3.13. The van der Waals surface area contributed by atoms with E-state index in [1.165, 1.54) is 29.1 Å². The minimum absolute atomic E-state index is 0.212. The Morgan fingerprint density at radius 1 is 1.35 bits per heavy atom. The molecule has 3 aromatic rings. The molecular formula is C14H13FN4O. The largest absolute Gasteiger partial charge is 0.344 e. The molecule has 5 nitrogen and oxygen atoms in total. The molecule has 102 valence electrons. The molecule has 20 heavy (non-hydrogen) atoms. The molecular weight excluding hydrogens is 259 g/mol. The highest BCUT2D eigenvalue weighted by Gasteiger charge is 2.14. The second kappa shape index (κ2) is 4.56. The number of aryl methyl sites for hydroxylation is 1. The molecule has 0 spiro atoms. The molecule has 0 radical (unpaired) electrons. The smallest absolute Gasteiger partial charge is 0.261 e. The fourth-order valence-corrected chi connectivity index (χ4v) is 2.16. The van der Waals surface area contributed by atoms with Gasteiger partial charge in [-0.2, -0.15) is 0 Å². The lowest BCUT2D eigenvalue weighted by Gasteiger charge is -2.12. The average molecular weight is 272 g/mol. The Labute approximate surface area is 114 Å². The van der Waals surface area contributed by atoms with Crippen LogP contribution in [0.15, 0.2) is 35.5 Å². The van der Waals surface area contributed by atoms with Crippen molar-refractivity contribution in [1.82, 2.24) is 19.5 Å². The number of imidazole rings is 1. The molecule has 0 bridgehead atoms. The number of halogens is 1. The van der Waals surface area contributed by atoms with Crippen LogP contribution in [0, 0.1) is 12.7 Å². The highest BCUT2D eigenvalue weighted by Crippen LogP contribution is 2.14. The summed E-state index contributed by atoms with van der Waals surface area (Å²) < 4.78 is 14.6. The van der Waals surface area contributed by atoms with Crippen molar-refractivity contribution in [2.45, 2.75) is 19.9 Å². The number of rotatable bonds is 2. The zero-order valence-corrected chi connectivity index (χ0v) is 11.1. The minimum Gasteiger partial charge on any atom is -0.344 e. The summed E-state index contributed by atoms with van der Waals surface area (Å²) in [5.41, 5.74) is 1.07. The molecule has 1 aromatic carbocycles. The van der Waals surface area contributed by atoms with Gasteiger partial charge in [0.05, 0.1) is 23.3 Å². The van der Waals surface area contributed by atoms with E-state index in [9.17, 15) is 9.18 Å². The number of benzene rings is 1. The highest BCUT2D eigenvalue weighted by atomic mass is 19.1. The maximum absolute atomic E-state index is 13.1. The van der Waals surface area contributed by atoms with Crippen LogP contribution in [-0.2, 0) is 0 Å².